The summed E-state index contributed by atoms with van der Waals surface area (Å²) in [5.74, 6) is 1.65. The maximum absolute atomic E-state index is 10.0. The minimum atomic E-state index is -0.311. The summed E-state index contributed by atoms with van der Waals surface area (Å²) in [7, 11) is 1.67. The van der Waals surface area contributed by atoms with Gasteiger partial charge >= 0.3 is 0 Å². The lowest BCUT2D eigenvalue weighted by molar-refractivity contribution is 0.171. The summed E-state index contributed by atoms with van der Waals surface area (Å²) < 4.78 is 10.4. The zero-order chi connectivity index (χ0) is 14.8. The second-order valence-electron chi connectivity index (χ2n) is 5.54. The number of rotatable bonds is 4. The number of nitrogens with zero attached hydrogens (tertiary/aromatic N) is 2. The molecule has 0 radical (unpaired) electrons. The van der Waals surface area contributed by atoms with Crippen LogP contribution in [0.25, 0.3) is 0 Å². The highest BCUT2D eigenvalue weighted by Gasteiger charge is 2.32. The van der Waals surface area contributed by atoms with Crippen molar-refractivity contribution >= 4 is 0 Å². The van der Waals surface area contributed by atoms with E-state index in [2.05, 4.69) is 16.1 Å². The second kappa shape index (κ2) is 5.87. The topological polar surface area (TPSA) is 58.7 Å². The molecular formula is C16H20N2O3. The fourth-order valence-electron chi connectivity index (χ4n) is 2.95. The van der Waals surface area contributed by atoms with Crippen molar-refractivity contribution in [2.75, 3.05) is 13.7 Å². The highest BCUT2D eigenvalue weighted by molar-refractivity contribution is 5.31. The monoisotopic (exact) mass is 288 g/mol. The molecule has 1 N–H and O–H groups in total. The Morgan fingerprint density at radius 1 is 1.43 bits per heavy atom. The van der Waals surface area contributed by atoms with Crippen LogP contribution in [0.1, 0.15) is 29.5 Å². The number of aliphatic hydroxyl groups is 1. The standard InChI is InChI=1S/C16H20N2O3/c1-11-6-13(17-21-11)9-18-10-14(19)8-16(18)12-4-3-5-15(7-12)20-2/h3-7,14,16,19H,8-10H2,1-2H3/t14-,16+/m0/s1. The Morgan fingerprint density at radius 2 is 2.29 bits per heavy atom. The lowest BCUT2D eigenvalue weighted by Crippen LogP contribution is -2.24. The van der Waals surface area contributed by atoms with Gasteiger partial charge in [-0.2, -0.15) is 0 Å². The molecule has 1 aliphatic heterocycles. The molecule has 2 aromatic rings. The smallest absolute Gasteiger partial charge is 0.133 e. The van der Waals surface area contributed by atoms with Crippen molar-refractivity contribution in [2.24, 2.45) is 0 Å². The summed E-state index contributed by atoms with van der Waals surface area (Å²) in [5, 5.41) is 14.1. The first-order chi connectivity index (χ1) is 10.2. The summed E-state index contributed by atoms with van der Waals surface area (Å²) in [6.07, 6.45) is 0.415. The molecule has 5 heteroatoms. The molecule has 2 heterocycles. The van der Waals surface area contributed by atoms with Crippen molar-refractivity contribution in [1.29, 1.82) is 0 Å². The minimum absolute atomic E-state index is 0.173. The molecule has 0 amide bonds. The molecule has 1 fully saturated rings. The van der Waals surface area contributed by atoms with Gasteiger partial charge in [0.25, 0.3) is 0 Å². The van der Waals surface area contributed by atoms with Crippen LogP contribution < -0.4 is 4.74 Å². The Hall–Kier alpha value is -1.85. The molecule has 1 saturated heterocycles. The zero-order valence-electron chi connectivity index (χ0n) is 12.3. The molecule has 0 spiro atoms. The van der Waals surface area contributed by atoms with Crippen molar-refractivity contribution in [1.82, 2.24) is 10.1 Å². The minimum Gasteiger partial charge on any atom is -0.497 e. The van der Waals surface area contributed by atoms with E-state index in [4.69, 9.17) is 9.26 Å². The number of aliphatic hydroxyl groups excluding tert-OH is 1. The summed E-state index contributed by atoms with van der Waals surface area (Å²) in [6.45, 7) is 3.21. The lowest BCUT2D eigenvalue weighted by atomic mass is 10.0. The van der Waals surface area contributed by atoms with Crippen LogP contribution in [0.4, 0.5) is 0 Å². The van der Waals surface area contributed by atoms with E-state index in [1.54, 1.807) is 7.11 Å². The summed E-state index contributed by atoms with van der Waals surface area (Å²) in [4.78, 5) is 2.23. The Balaban J connectivity index is 1.81. The van der Waals surface area contributed by atoms with Crippen LogP contribution >= 0.6 is 0 Å². The van der Waals surface area contributed by atoms with Gasteiger partial charge in [-0.1, -0.05) is 17.3 Å². The fraction of sp³-hybridized carbons (Fsp3) is 0.438. The van der Waals surface area contributed by atoms with Gasteiger partial charge in [-0.15, -0.1) is 0 Å². The number of methoxy groups -OCH3 is 1. The third-order valence-corrected chi connectivity index (χ3v) is 3.90. The van der Waals surface area contributed by atoms with Gasteiger partial charge in [0.2, 0.25) is 0 Å². The highest BCUT2D eigenvalue weighted by Crippen LogP contribution is 2.34. The van der Waals surface area contributed by atoms with E-state index in [-0.39, 0.29) is 12.1 Å². The van der Waals surface area contributed by atoms with Crippen molar-refractivity contribution in [2.45, 2.75) is 32.0 Å². The predicted molar refractivity (Wildman–Crippen MR) is 78.0 cm³/mol. The Kier molecular flexibility index (Phi) is 3.94. The molecule has 0 saturated carbocycles. The zero-order valence-corrected chi connectivity index (χ0v) is 12.3. The number of ether oxygens (including phenoxy) is 1. The van der Waals surface area contributed by atoms with Crippen LogP contribution in [0.3, 0.4) is 0 Å². The maximum Gasteiger partial charge on any atom is 0.133 e. The Morgan fingerprint density at radius 3 is 3.00 bits per heavy atom. The van der Waals surface area contributed by atoms with Crippen LogP contribution in [-0.2, 0) is 6.54 Å². The van der Waals surface area contributed by atoms with E-state index in [0.29, 0.717) is 13.1 Å². The van der Waals surface area contributed by atoms with Crippen LogP contribution in [0.2, 0.25) is 0 Å². The average Bonchev–Trinajstić information content (AvgIpc) is 3.05. The molecule has 0 aliphatic carbocycles. The summed E-state index contributed by atoms with van der Waals surface area (Å²) in [6, 6.07) is 10.1. The highest BCUT2D eigenvalue weighted by atomic mass is 16.5. The Bertz CT molecular complexity index is 611. The first-order valence-electron chi connectivity index (χ1n) is 7.14. The van der Waals surface area contributed by atoms with E-state index >= 15 is 0 Å². The van der Waals surface area contributed by atoms with E-state index in [9.17, 15) is 5.11 Å². The second-order valence-corrected chi connectivity index (χ2v) is 5.54. The molecule has 112 valence electrons. The quantitative estimate of drug-likeness (QED) is 0.935. The van der Waals surface area contributed by atoms with E-state index in [0.717, 1.165) is 29.2 Å². The van der Waals surface area contributed by atoms with Gasteiger partial charge in [-0.05, 0) is 31.0 Å². The van der Waals surface area contributed by atoms with E-state index in [1.807, 2.05) is 31.2 Å². The van der Waals surface area contributed by atoms with Gasteiger partial charge in [0.05, 0.1) is 18.9 Å². The third-order valence-electron chi connectivity index (χ3n) is 3.90. The predicted octanol–water partition coefficient (Wildman–Crippen LogP) is 2.30. The van der Waals surface area contributed by atoms with Crippen molar-refractivity contribution in [3.05, 3.63) is 47.3 Å². The fourth-order valence-corrected chi connectivity index (χ4v) is 2.95. The number of aryl methyl sites for hydroxylation is 1. The first-order valence-corrected chi connectivity index (χ1v) is 7.14. The van der Waals surface area contributed by atoms with Crippen molar-refractivity contribution < 1.29 is 14.4 Å². The number of likely N-dealkylation sites (tertiary alicyclic amines) is 1. The average molecular weight is 288 g/mol. The molecule has 0 unspecified atom stereocenters. The Labute approximate surface area is 124 Å². The molecular weight excluding hydrogens is 268 g/mol. The molecule has 1 aliphatic rings. The molecule has 3 rings (SSSR count). The number of hydrogen-bond acceptors (Lipinski definition) is 5. The lowest BCUT2D eigenvalue weighted by Gasteiger charge is -2.23. The van der Waals surface area contributed by atoms with Crippen LogP contribution in [0, 0.1) is 6.92 Å². The normalized spacial score (nSPS) is 22.6. The van der Waals surface area contributed by atoms with Gasteiger partial charge < -0.3 is 14.4 Å². The number of benzene rings is 1. The first kappa shape index (κ1) is 14.1. The maximum atomic E-state index is 10.0. The largest absolute Gasteiger partial charge is 0.497 e. The van der Waals surface area contributed by atoms with Crippen molar-refractivity contribution in [3.63, 3.8) is 0 Å². The molecule has 2 atom stereocenters. The summed E-state index contributed by atoms with van der Waals surface area (Å²) in [5.41, 5.74) is 2.06. The third kappa shape index (κ3) is 3.09. The van der Waals surface area contributed by atoms with Gasteiger partial charge in [-0.25, -0.2) is 0 Å². The molecule has 0 bridgehead atoms. The van der Waals surface area contributed by atoms with Gasteiger partial charge in [-0.3, -0.25) is 4.90 Å². The SMILES string of the molecule is COc1cccc([C@H]2C[C@H](O)CN2Cc2cc(C)on2)c1. The molecule has 1 aromatic carbocycles. The number of aromatic nitrogens is 1. The van der Waals surface area contributed by atoms with Gasteiger partial charge in [0, 0.05) is 25.2 Å². The van der Waals surface area contributed by atoms with Crippen LogP contribution in [0.15, 0.2) is 34.9 Å². The molecule has 21 heavy (non-hydrogen) atoms. The van der Waals surface area contributed by atoms with Crippen LogP contribution in [0.5, 0.6) is 5.75 Å². The number of β-amino-alcohol motifs (C(OH)–C–C–N with tert-alkyl or cyclic N) is 1. The van der Waals surface area contributed by atoms with Gasteiger partial charge in [0.15, 0.2) is 0 Å². The molecule has 5 nitrogen and oxygen atoms in total. The van der Waals surface area contributed by atoms with Crippen LogP contribution in [-0.4, -0.2) is 34.9 Å². The van der Waals surface area contributed by atoms with E-state index < -0.39 is 0 Å². The van der Waals surface area contributed by atoms with Crippen molar-refractivity contribution in [3.8, 4) is 5.75 Å². The molecule has 1 aromatic heterocycles. The summed E-state index contributed by atoms with van der Waals surface area (Å²) >= 11 is 0. The van der Waals surface area contributed by atoms with Gasteiger partial charge in [0.1, 0.15) is 11.5 Å². The van der Waals surface area contributed by atoms with E-state index in [1.165, 1.54) is 0 Å². The number of hydrogen-bond donors (Lipinski definition) is 1.